The third kappa shape index (κ3) is 18.3. The molecule has 3 saturated heterocycles. The number of hydrogen-bond donors (Lipinski definition) is 3. The van der Waals surface area contributed by atoms with Crippen LogP contribution in [0.15, 0.2) is 47.6 Å². The van der Waals surface area contributed by atoms with E-state index in [9.17, 15) is 39.3 Å². The van der Waals surface area contributed by atoms with Crippen LogP contribution in [0.2, 0.25) is 0 Å². The van der Waals surface area contributed by atoms with E-state index in [0.29, 0.717) is 63.2 Å². The Morgan fingerprint density at radius 3 is 2.32 bits per heavy atom. The molecule has 16 atom stereocenters. The van der Waals surface area contributed by atoms with Crippen molar-refractivity contribution < 1.29 is 72.5 Å². The molecule has 3 N–H and O–H groups in total. The van der Waals surface area contributed by atoms with Crippen molar-refractivity contribution in [3.8, 4) is 0 Å². The van der Waals surface area contributed by atoms with Crippen LogP contribution in [0.4, 0.5) is 0 Å². The molecule has 0 spiro atoms. The average Bonchev–Trinajstić information content (AvgIpc) is 3.41. The number of allylic oxidation sites excluding steroid dienone is 6. The summed E-state index contributed by atoms with van der Waals surface area (Å²) in [6, 6.07) is -0.783. The van der Waals surface area contributed by atoms with Gasteiger partial charge in [-0.15, -0.1) is 0 Å². The van der Waals surface area contributed by atoms with Gasteiger partial charge in [0.2, 0.25) is 5.79 Å². The number of Topliss-reactive ketones (excluding diaryl/α,β-unsaturated/α-hetero) is 3. The molecule has 0 aromatic heterocycles. The second kappa shape index (κ2) is 31.5. The van der Waals surface area contributed by atoms with Crippen molar-refractivity contribution in [2.45, 2.75) is 199 Å². The molecule has 4 fully saturated rings. The molecule has 77 heavy (non-hydrogen) atoms. The van der Waals surface area contributed by atoms with Crippen molar-refractivity contribution in [2.24, 2.45) is 35.5 Å². The van der Waals surface area contributed by atoms with Crippen molar-refractivity contribution in [2.75, 3.05) is 66.9 Å². The zero-order chi connectivity index (χ0) is 56.4. The Morgan fingerprint density at radius 1 is 0.844 bits per heavy atom. The lowest BCUT2D eigenvalue weighted by molar-refractivity contribution is -0.266. The summed E-state index contributed by atoms with van der Waals surface area (Å²) in [5.74, 6) is -8.09. The zero-order valence-electron chi connectivity index (χ0n) is 48.1. The number of aliphatic hydroxyl groups is 3. The number of methoxy groups -OCH3 is 2. The first-order chi connectivity index (χ1) is 36.7. The maximum absolute atomic E-state index is 14.6. The quantitative estimate of drug-likeness (QED) is 0.0759. The molecule has 5 aliphatic rings. The maximum Gasteiger partial charge on any atom is 0.329 e. The normalized spacial score (nSPS) is 38.4. The third-order valence-electron chi connectivity index (χ3n) is 17.0. The van der Waals surface area contributed by atoms with E-state index in [1.54, 1.807) is 34.0 Å². The van der Waals surface area contributed by atoms with Crippen LogP contribution in [-0.4, -0.2) is 182 Å². The van der Waals surface area contributed by atoms with Gasteiger partial charge in [-0.05, 0) is 120 Å². The molecule has 1 aliphatic carbocycles. The lowest BCUT2D eigenvalue weighted by atomic mass is 9.78. The number of hydrogen-bond acceptors (Lipinski definition) is 16. The van der Waals surface area contributed by atoms with Crippen molar-refractivity contribution in [1.82, 2.24) is 9.80 Å². The number of ketones is 3. The van der Waals surface area contributed by atoms with Crippen LogP contribution in [0.25, 0.3) is 0 Å². The molecular weight excluding hydrogens is 989 g/mol. The lowest BCUT2D eigenvalue weighted by Crippen LogP contribution is -2.61. The molecule has 0 radical (unpaired) electrons. The van der Waals surface area contributed by atoms with Crippen LogP contribution in [0.1, 0.15) is 139 Å². The number of morpholine rings is 1. The number of cyclic esters (lactones) is 1. The molecular formula is C60H96N2O15. The molecule has 4 aliphatic heterocycles. The van der Waals surface area contributed by atoms with Gasteiger partial charge < -0.3 is 53.4 Å². The number of carbonyl (C=O) groups excluding carboxylic acids is 5. The van der Waals surface area contributed by atoms with Gasteiger partial charge in [-0.1, -0.05) is 71.1 Å². The molecule has 17 nitrogen and oxygen atoms in total. The number of fused-ring (bicyclic) bond motifs is 3. The first-order valence-corrected chi connectivity index (χ1v) is 28.8. The van der Waals surface area contributed by atoms with Gasteiger partial charge in [0.25, 0.3) is 11.7 Å². The highest BCUT2D eigenvalue weighted by Gasteiger charge is 2.53. The van der Waals surface area contributed by atoms with Crippen LogP contribution < -0.4 is 0 Å². The Kier molecular flexibility index (Phi) is 26.3. The lowest BCUT2D eigenvalue weighted by Gasteiger charge is -2.43. The Labute approximate surface area is 459 Å². The summed E-state index contributed by atoms with van der Waals surface area (Å²) in [4.78, 5) is 75.4. The number of piperidine rings is 1. The first-order valence-electron chi connectivity index (χ1n) is 28.8. The van der Waals surface area contributed by atoms with Crippen LogP contribution in [-0.2, 0) is 57.1 Å². The monoisotopic (exact) mass is 1080 g/mol. The Hall–Kier alpha value is -3.49. The summed E-state index contributed by atoms with van der Waals surface area (Å²) >= 11 is 0. The summed E-state index contributed by atoms with van der Waals surface area (Å²) in [5.41, 5.74) is 1.19. The molecule has 0 aromatic carbocycles. The van der Waals surface area contributed by atoms with Gasteiger partial charge in [0, 0.05) is 77.1 Å². The van der Waals surface area contributed by atoms with Gasteiger partial charge in [-0.25, -0.2) is 4.79 Å². The first kappa shape index (κ1) is 64.3. The van der Waals surface area contributed by atoms with Gasteiger partial charge in [0.05, 0.1) is 50.8 Å². The van der Waals surface area contributed by atoms with E-state index in [2.05, 4.69) is 11.8 Å². The summed E-state index contributed by atoms with van der Waals surface area (Å²) in [7, 11) is 3.09. The van der Waals surface area contributed by atoms with E-state index in [-0.39, 0.29) is 80.5 Å². The largest absolute Gasteiger partial charge is 0.460 e. The van der Waals surface area contributed by atoms with E-state index >= 15 is 0 Å². The number of ether oxygens (including phenoxy) is 7. The third-order valence-corrected chi connectivity index (χ3v) is 17.0. The SMILES string of the molecule is CO[C@@H]1C[C@H](C[C@@H](C)[C@@H]2CC(=O)[C@H](C)/C=C(\C)[C@@H](O)[C@@H](OC)C(=O)[C@H](C)C[C@H](C)/C=C/C=C/C=C(\C)[C@@H](OCCO)C[C@@H]3CC[C@@H](C)[C@@](O)(O3)C(=O)C(=O)N3CCCCC3C(=O)O2)CC[C@H]1OCCCN1CCOC[C@@H]1C. The van der Waals surface area contributed by atoms with Gasteiger partial charge in [-0.2, -0.15) is 0 Å². The molecule has 4 heterocycles. The van der Waals surface area contributed by atoms with Crippen molar-refractivity contribution in [1.29, 1.82) is 0 Å². The predicted octanol–water partition coefficient (Wildman–Crippen LogP) is 6.68. The smallest absolute Gasteiger partial charge is 0.329 e. The highest BCUT2D eigenvalue weighted by atomic mass is 16.6. The minimum atomic E-state index is -2.48. The molecule has 0 aromatic rings. The van der Waals surface area contributed by atoms with Crippen LogP contribution in [0.3, 0.4) is 0 Å². The second-order valence-corrected chi connectivity index (χ2v) is 23.1. The second-order valence-electron chi connectivity index (χ2n) is 23.1. The van der Waals surface area contributed by atoms with E-state index in [0.717, 1.165) is 51.1 Å². The van der Waals surface area contributed by atoms with Crippen LogP contribution in [0.5, 0.6) is 0 Å². The topological polar surface area (TPSA) is 217 Å². The van der Waals surface area contributed by atoms with Crippen LogP contribution >= 0.6 is 0 Å². The standard InChI is InChI=1S/C60H96N2O15/c1-38-17-12-11-13-18-39(2)51(75-30-27-63)35-47-22-20-44(7)60(70,77-47)57(67)58(68)62-25-15-14-19-48(62)59(69)76-52(36-49(64)40(3)32-43(6)55(66)56(72-10)54(65)42(5)31-38)41(4)33-46-21-23-50(53(34-46)71-9)74-28-16-24-61-26-29-73-37-45(61)8/h11-13,17-18,32,38,40-42,44-48,50-53,55-56,63,66,70H,14-16,19-31,33-37H2,1-10H3/b13-11+,17-12+,39-18+,43-32+/t38-,40-,41-,42-,44-,45+,46+,47+,48?,50-,51+,52+,53-,55-,56+,60-/m1/s1. The van der Waals surface area contributed by atoms with Gasteiger partial charge >= 0.3 is 5.97 Å². The summed E-state index contributed by atoms with van der Waals surface area (Å²) in [6.45, 7) is 18.7. The van der Waals surface area contributed by atoms with Gasteiger partial charge in [0.15, 0.2) is 5.78 Å². The fraction of sp³-hybridized carbons (Fsp3) is 0.783. The molecule has 436 valence electrons. The van der Waals surface area contributed by atoms with E-state index < -0.39 is 77.8 Å². The number of nitrogens with zero attached hydrogens (tertiary/aromatic N) is 2. The predicted molar refractivity (Wildman–Crippen MR) is 291 cm³/mol. The Bertz CT molecular complexity index is 2040. The van der Waals surface area contributed by atoms with Crippen molar-refractivity contribution in [3.05, 3.63) is 47.6 Å². The number of aliphatic hydroxyl groups excluding tert-OH is 2. The van der Waals surface area contributed by atoms with E-state index in [1.807, 2.05) is 58.1 Å². The van der Waals surface area contributed by atoms with E-state index in [1.165, 1.54) is 12.0 Å². The molecule has 17 heteroatoms. The number of rotatable bonds is 13. The van der Waals surface area contributed by atoms with E-state index in [4.69, 9.17) is 33.2 Å². The summed E-state index contributed by atoms with van der Waals surface area (Å²) in [6.07, 6.45) is 12.7. The minimum absolute atomic E-state index is 0.0100. The Balaban J connectivity index is 1.41. The Morgan fingerprint density at radius 2 is 1.61 bits per heavy atom. The molecule has 5 rings (SSSR count). The van der Waals surface area contributed by atoms with Crippen LogP contribution in [0, 0.1) is 35.5 Å². The highest BCUT2D eigenvalue weighted by molar-refractivity contribution is 6.39. The van der Waals surface area contributed by atoms with Gasteiger partial charge in [-0.3, -0.25) is 24.1 Å². The van der Waals surface area contributed by atoms with Crippen molar-refractivity contribution >= 4 is 29.2 Å². The number of amides is 1. The van der Waals surface area contributed by atoms with Crippen molar-refractivity contribution in [3.63, 3.8) is 0 Å². The molecule has 1 amide bonds. The number of carbonyl (C=O) groups is 5. The van der Waals surface area contributed by atoms with Gasteiger partial charge in [0.1, 0.15) is 30.1 Å². The highest BCUT2D eigenvalue weighted by Crippen LogP contribution is 2.38. The molecule has 1 saturated carbocycles. The summed E-state index contributed by atoms with van der Waals surface area (Å²) < 4.78 is 42.3. The average molecular weight is 1090 g/mol. The molecule has 2 bridgehead atoms. The zero-order valence-corrected chi connectivity index (χ0v) is 48.1. The maximum atomic E-state index is 14.6. The minimum Gasteiger partial charge on any atom is -0.460 e. The molecule has 1 unspecified atom stereocenters. The summed E-state index contributed by atoms with van der Waals surface area (Å²) in [5, 5.41) is 33.4. The number of esters is 1. The fourth-order valence-corrected chi connectivity index (χ4v) is 12.0. The fourth-order valence-electron chi connectivity index (χ4n) is 12.0.